The van der Waals surface area contributed by atoms with Crippen molar-refractivity contribution < 1.29 is 18.7 Å². The number of carbonyl (C=O) groups excluding carboxylic acids is 1. The molecule has 76 valence electrons. The van der Waals surface area contributed by atoms with Crippen molar-refractivity contribution in [2.75, 3.05) is 7.11 Å². The maximum absolute atomic E-state index is 13.1. The van der Waals surface area contributed by atoms with Gasteiger partial charge in [0.1, 0.15) is 5.82 Å². The van der Waals surface area contributed by atoms with Crippen LogP contribution in [-0.2, 0) is 4.79 Å². The Morgan fingerprint density at radius 1 is 1.43 bits per heavy atom. The smallest absolute Gasteiger partial charge is 0.308 e. The first-order chi connectivity index (χ1) is 6.54. The van der Waals surface area contributed by atoms with Gasteiger partial charge in [0.2, 0.25) is 0 Å². The van der Waals surface area contributed by atoms with Crippen LogP contribution >= 0.6 is 15.9 Å². The van der Waals surface area contributed by atoms with E-state index in [2.05, 4.69) is 15.9 Å². The molecule has 0 saturated heterocycles. The van der Waals surface area contributed by atoms with E-state index in [4.69, 9.17) is 9.47 Å². The third kappa shape index (κ3) is 2.45. The van der Waals surface area contributed by atoms with Crippen LogP contribution in [0.15, 0.2) is 16.6 Å². The molecule has 0 atom stereocenters. The van der Waals surface area contributed by atoms with E-state index in [-0.39, 0.29) is 10.2 Å². The zero-order valence-corrected chi connectivity index (χ0v) is 9.22. The highest BCUT2D eigenvalue weighted by atomic mass is 79.9. The lowest BCUT2D eigenvalue weighted by Crippen LogP contribution is -2.03. The Bertz CT molecular complexity index is 365. The maximum Gasteiger partial charge on any atom is 0.308 e. The first kappa shape index (κ1) is 11.0. The highest BCUT2D eigenvalue weighted by Crippen LogP contribution is 2.32. The van der Waals surface area contributed by atoms with E-state index in [1.165, 1.54) is 20.1 Å². The Balaban J connectivity index is 3.13. The first-order valence-corrected chi connectivity index (χ1v) is 4.55. The fraction of sp³-hybridized carbons (Fsp3) is 0.222. The molecule has 0 radical (unpaired) electrons. The molecule has 0 aliphatic heterocycles. The third-order valence-corrected chi connectivity index (χ3v) is 2.07. The van der Waals surface area contributed by atoms with Gasteiger partial charge in [-0.25, -0.2) is 4.39 Å². The number of esters is 1. The molecule has 0 amide bonds. The summed E-state index contributed by atoms with van der Waals surface area (Å²) in [5, 5.41) is 0. The minimum absolute atomic E-state index is 0.0701. The van der Waals surface area contributed by atoms with Crippen molar-refractivity contribution in [2.24, 2.45) is 0 Å². The maximum atomic E-state index is 13.1. The van der Waals surface area contributed by atoms with E-state index < -0.39 is 11.8 Å². The Kier molecular flexibility index (Phi) is 3.46. The number of methoxy groups -OCH3 is 1. The number of rotatable bonds is 2. The Labute approximate surface area is 88.9 Å². The second-order valence-electron chi connectivity index (χ2n) is 2.51. The lowest BCUT2D eigenvalue weighted by Gasteiger charge is -2.08. The lowest BCUT2D eigenvalue weighted by molar-refractivity contribution is -0.132. The molecular formula is C9H8BrFO3. The number of hydrogen-bond donors (Lipinski definition) is 0. The van der Waals surface area contributed by atoms with Gasteiger partial charge in [-0.05, 0) is 15.9 Å². The average molecular weight is 263 g/mol. The molecule has 0 unspecified atom stereocenters. The van der Waals surface area contributed by atoms with Crippen molar-refractivity contribution >= 4 is 21.9 Å². The highest BCUT2D eigenvalue weighted by molar-refractivity contribution is 9.10. The van der Waals surface area contributed by atoms with E-state index in [0.29, 0.717) is 5.75 Å². The van der Waals surface area contributed by atoms with Crippen molar-refractivity contribution in [3.05, 3.63) is 22.4 Å². The van der Waals surface area contributed by atoms with Gasteiger partial charge >= 0.3 is 5.97 Å². The van der Waals surface area contributed by atoms with Gasteiger partial charge in [-0.1, -0.05) is 0 Å². The molecule has 0 spiro atoms. The van der Waals surface area contributed by atoms with Crippen LogP contribution in [0.5, 0.6) is 11.5 Å². The van der Waals surface area contributed by atoms with Gasteiger partial charge in [0.15, 0.2) is 11.5 Å². The van der Waals surface area contributed by atoms with E-state index in [9.17, 15) is 9.18 Å². The van der Waals surface area contributed by atoms with Crippen LogP contribution in [-0.4, -0.2) is 13.1 Å². The largest absolute Gasteiger partial charge is 0.493 e. The molecule has 5 heteroatoms. The van der Waals surface area contributed by atoms with Crippen molar-refractivity contribution in [2.45, 2.75) is 6.92 Å². The van der Waals surface area contributed by atoms with Gasteiger partial charge in [0.25, 0.3) is 0 Å². The second-order valence-corrected chi connectivity index (χ2v) is 3.37. The Morgan fingerprint density at radius 3 is 2.57 bits per heavy atom. The number of hydrogen-bond acceptors (Lipinski definition) is 3. The molecule has 0 bridgehead atoms. The zero-order chi connectivity index (χ0) is 10.7. The van der Waals surface area contributed by atoms with Gasteiger partial charge in [0.05, 0.1) is 11.6 Å². The van der Waals surface area contributed by atoms with E-state index in [1.54, 1.807) is 0 Å². The normalized spacial score (nSPS) is 9.71. The number of ether oxygens (including phenoxy) is 2. The third-order valence-electron chi connectivity index (χ3n) is 1.46. The molecule has 0 aromatic heterocycles. The summed E-state index contributed by atoms with van der Waals surface area (Å²) < 4.78 is 23.0. The van der Waals surface area contributed by atoms with Crippen LogP contribution in [0.2, 0.25) is 0 Å². The minimum Gasteiger partial charge on any atom is -0.493 e. The fourth-order valence-corrected chi connectivity index (χ4v) is 1.23. The summed E-state index contributed by atoms with van der Waals surface area (Å²) in [4.78, 5) is 10.7. The summed E-state index contributed by atoms with van der Waals surface area (Å²) in [6.07, 6.45) is 0. The van der Waals surface area contributed by atoms with Crippen LogP contribution in [0.25, 0.3) is 0 Å². The summed E-state index contributed by atoms with van der Waals surface area (Å²) in [6, 6.07) is 2.48. The number of halogens is 2. The molecule has 0 aliphatic carbocycles. The Morgan fingerprint density at radius 2 is 2.07 bits per heavy atom. The molecule has 1 aromatic rings. The molecule has 0 heterocycles. The van der Waals surface area contributed by atoms with E-state index in [0.717, 1.165) is 6.07 Å². The molecule has 1 rings (SSSR count). The standard InChI is InChI=1S/C9H8BrFO3/c1-5(12)14-9-4-7(11)6(10)3-8(9)13-2/h3-4H,1-2H3. The predicted octanol–water partition coefficient (Wildman–Crippen LogP) is 2.52. The minimum atomic E-state index is -0.523. The highest BCUT2D eigenvalue weighted by Gasteiger charge is 2.11. The molecule has 14 heavy (non-hydrogen) atoms. The predicted molar refractivity (Wildman–Crippen MR) is 52.0 cm³/mol. The van der Waals surface area contributed by atoms with E-state index >= 15 is 0 Å². The summed E-state index contributed by atoms with van der Waals surface area (Å²) in [5.41, 5.74) is 0. The zero-order valence-electron chi connectivity index (χ0n) is 7.64. The van der Waals surface area contributed by atoms with Gasteiger partial charge in [0, 0.05) is 19.1 Å². The molecule has 0 N–H and O–H groups in total. The molecule has 0 saturated carbocycles. The van der Waals surface area contributed by atoms with Gasteiger partial charge in [-0.3, -0.25) is 4.79 Å². The van der Waals surface area contributed by atoms with Crippen LogP contribution in [0.1, 0.15) is 6.92 Å². The topological polar surface area (TPSA) is 35.5 Å². The summed E-state index contributed by atoms with van der Waals surface area (Å²) in [6.45, 7) is 1.24. The first-order valence-electron chi connectivity index (χ1n) is 3.76. The fourth-order valence-electron chi connectivity index (χ4n) is 0.904. The quantitative estimate of drug-likeness (QED) is 0.607. The second kappa shape index (κ2) is 4.41. The van der Waals surface area contributed by atoms with Crippen LogP contribution in [0.3, 0.4) is 0 Å². The van der Waals surface area contributed by atoms with E-state index in [1.807, 2.05) is 0 Å². The van der Waals surface area contributed by atoms with Crippen LogP contribution in [0.4, 0.5) is 4.39 Å². The van der Waals surface area contributed by atoms with Crippen LogP contribution < -0.4 is 9.47 Å². The number of carbonyl (C=O) groups is 1. The molecular weight excluding hydrogens is 255 g/mol. The lowest BCUT2D eigenvalue weighted by atomic mass is 10.3. The monoisotopic (exact) mass is 262 g/mol. The SMILES string of the molecule is COc1cc(Br)c(F)cc1OC(C)=O. The van der Waals surface area contributed by atoms with Crippen LogP contribution in [0, 0.1) is 5.82 Å². The van der Waals surface area contributed by atoms with Gasteiger partial charge < -0.3 is 9.47 Å². The van der Waals surface area contributed by atoms with Crippen molar-refractivity contribution in [3.63, 3.8) is 0 Å². The molecule has 0 aliphatic rings. The van der Waals surface area contributed by atoms with Crippen molar-refractivity contribution in [3.8, 4) is 11.5 Å². The van der Waals surface area contributed by atoms with Gasteiger partial charge in [-0.2, -0.15) is 0 Å². The summed E-state index contributed by atoms with van der Waals surface area (Å²) in [7, 11) is 1.41. The van der Waals surface area contributed by atoms with Gasteiger partial charge in [-0.15, -0.1) is 0 Å². The average Bonchev–Trinajstić information content (AvgIpc) is 2.10. The molecule has 1 aromatic carbocycles. The number of benzene rings is 1. The molecule has 3 nitrogen and oxygen atoms in total. The summed E-state index contributed by atoms with van der Waals surface area (Å²) in [5.74, 6) is -0.666. The Hall–Kier alpha value is -1.10. The molecule has 0 fully saturated rings. The van der Waals surface area contributed by atoms with Crippen molar-refractivity contribution in [1.29, 1.82) is 0 Å². The summed E-state index contributed by atoms with van der Waals surface area (Å²) >= 11 is 2.99. The van der Waals surface area contributed by atoms with Crippen molar-refractivity contribution in [1.82, 2.24) is 0 Å².